The van der Waals surface area contributed by atoms with Gasteiger partial charge in [-0.25, -0.2) is 4.79 Å². The molecule has 6 nitrogen and oxygen atoms in total. The van der Waals surface area contributed by atoms with Crippen LogP contribution in [0.4, 0.5) is 11.4 Å². The van der Waals surface area contributed by atoms with Crippen LogP contribution in [0.25, 0.3) is 11.0 Å². The van der Waals surface area contributed by atoms with Crippen LogP contribution in [0.1, 0.15) is 19.8 Å². The predicted molar refractivity (Wildman–Crippen MR) is 72.5 cm³/mol. The Hall–Kier alpha value is -2.37. The second-order valence-electron chi connectivity index (χ2n) is 4.15. The van der Waals surface area contributed by atoms with Crippen LogP contribution in [0.2, 0.25) is 0 Å². The van der Waals surface area contributed by atoms with Crippen LogP contribution in [0, 0.1) is 10.1 Å². The zero-order valence-electron chi connectivity index (χ0n) is 10.5. The van der Waals surface area contributed by atoms with E-state index >= 15 is 0 Å². The van der Waals surface area contributed by atoms with E-state index in [-0.39, 0.29) is 5.69 Å². The van der Waals surface area contributed by atoms with Crippen molar-refractivity contribution in [3.05, 3.63) is 44.8 Å². The van der Waals surface area contributed by atoms with Gasteiger partial charge in [0.05, 0.1) is 4.92 Å². The van der Waals surface area contributed by atoms with Gasteiger partial charge in [-0.2, -0.15) is 0 Å². The number of hydrogen-bond donors (Lipinski definition) is 1. The molecule has 0 saturated heterocycles. The summed E-state index contributed by atoms with van der Waals surface area (Å²) < 4.78 is 4.96. The Morgan fingerprint density at radius 2 is 2.11 bits per heavy atom. The van der Waals surface area contributed by atoms with Crippen molar-refractivity contribution in [3.8, 4) is 0 Å². The van der Waals surface area contributed by atoms with Crippen molar-refractivity contribution in [1.82, 2.24) is 0 Å². The quantitative estimate of drug-likeness (QED) is 0.387. The van der Waals surface area contributed by atoms with Gasteiger partial charge in [-0.1, -0.05) is 25.5 Å². The number of anilines is 1. The highest BCUT2D eigenvalue weighted by Crippen LogP contribution is 2.29. The third-order valence-corrected chi connectivity index (χ3v) is 2.80. The Bertz CT molecular complexity index is 663. The lowest BCUT2D eigenvalue weighted by Gasteiger charge is -2.08. The van der Waals surface area contributed by atoms with Gasteiger partial charge in [-0.3, -0.25) is 10.1 Å². The molecule has 0 amide bonds. The van der Waals surface area contributed by atoms with Crippen molar-refractivity contribution in [2.24, 2.45) is 0 Å². The fraction of sp³-hybridized carbons (Fsp3) is 0.308. The van der Waals surface area contributed by atoms with Gasteiger partial charge < -0.3 is 9.73 Å². The molecule has 6 heteroatoms. The highest BCUT2D eigenvalue weighted by Gasteiger charge is 2.24. The number of unbranched alkanes of at least 4 members (excludes halogenated alkanes) is 1. The molecule has 0 unspecified atom stereocenters. The number of fused-ring (bicyclic) bond motifs is 1. The molecule has 0 saturated carbocycles. The Labute approximate surface area is 109 Å². The SMILES string of the molecule is CCCCNc1c([N+](=O)[O-])c(=O)oc2ccccc12. The van der Waals surface area contributed by atoms with E-state index in [4.69, 9.17) is 4.42 Å². The molecule has 0 aliphatic carbocycles. The van der Waals surface area contributed by atoms with Gasteiger partial charge in [-0.05, 0) is 18.6 Å². The van der Waals surface area contributed by atoms with Crippen molar-refractivity contribution in [1.29, 1.82) is 0 Å². The Kier molecular flexibility index (Phi) is 3.79. The Balaban J connectivity index is 2.62. The molecule has 100 valence electrons. The van der Waals surface area contributed by atoms with E-state index in [0.717, 1.165) is 12.8 Å². The maximum absolute atomic E-state index is 11.7. The van der Waals surface area contributed by atoms with Crippen molar-refractivity contribution >= 4 is 22.3 Å². The number of nitro groups is 1. The zero-order valence-corrected chi connectivity index (χ0v) is 10.5. The van der Waals surface area contributed by atoms with E-state index in [2.05, 4.69) is 5.32 Å². The Morgan fingerprint density at radius 3 is 2.79 bits per heavy atom. The average molecular weight is 262 g/mol. The molecule has 0 atom stereocenters. The minimum atomic E-state index is -0.928. The summed E-state index contributed by atoms with van der Waals surface area (Å²) in [6.07, 6.45) is 1.83. The lowest BCUT2D eigenvalue weighted by atomic mass is 10.2. The highest BCUT2D eigenvalue weighted by molar-refractivity contribution is 5.94. The van der Waals surface area contributed by atoms with Gasteiger partial charge in [-0.15, -0.1) is 0 Å². The van der Waals surface area contributed by atoms with Gasteiger partial charge in [0.2, 0.25) is 0 Å². The fourth-order valence-corrected chi connectivity index (χ4v) is 1.87. The summed E-state index contributed by atoms with van der Waals surface area (Å²) in [7, 11) is 0. The minimum Gasteiger partial charge on any atom is -0.418 e. The topological polar surface area (TPSA) is 85.4 Å². The van der Waals surface area contributed by atoms with E-state index in [1.54, 1.807) is 24.3 Å². The minimum absolute atomic E-state index is 0.241. The molecule has 1 aromatic heterocycles. The number of benzene rings is 1. The Morgan fingerprint density at radius 1 is 1.37 bits per heavy atom. The maximum Gasteiger partial charge on any atom is 0.417 e. The van der Waals surface area contributed by atoms with Crippen LogP contribution in [-0.2, 0) is 0 Å². The maximum atomic E-state index is 11.7. The number of rotatable bonds is 5. The molecule has 1 heterocycles. The molecule has 1 N–H and O–H groups in total. The lowest BCUT2D eigenvalue weighted by molar-refractivity contribution is -0.386. The van der Waals surface area contributed by atoms with Gasteiger partial charge in [0, 0.05) is 11.9 Å². The van der Waals surface area contributed by atoms with E-state index in [9.17, 15) is 14.9 Å². The van der Waals surface area contributed by atoms with Gasteiger partial charge >= 0.3 is 11.3 Å². The van der Waals surface area contributed by atoms with Crippen LogP contribution in [0.5, 0.6) is 0 Å². The first-order valence-electron chi connectivity index (χ1n) is 6.09. The van der Waals surface area contributed by atoms with Crippen LogP contribution in [0.15, 0.2) is 33.5 Å². The molecule has 2 rings (SSSR count). The van der Waals surface area contributed by atoms with E-state index < -0.39 is 16.2 Å². The fourth-order valence-electron chi connectivity index (χ4n) is 1.87. The third kappa shape index (κ3) is 2.57. The van der Waals surface area contributed by atoms with Crippen LogP contribution in [-0.4, -0.2) is 11.5 Å². The lowest BCUT2D eigenvalue weighted by Crippen LogP contribution is -2.12. The van der Waals surface area contributed by atoms with Crippen LogP contribution >= 0.6 is 0 Å². The highest BCUT2D eigenvalue weighted by atomic mass is 16.6. The van der Waals surface area contributed by atoms with Gasteiger partial charge in [0.1, 0.15) is 11.3 Å². The molecule has 0 radical (unpaired) electrons. The molecule has 2 aromatic rings. The second kappa shape index (κ2) is 5.51. The predicted octanol–water partition coefficient (Wildman–Crippen LogP) is 2.91. The summed E-state index contributed by atoms with van der Waals surface area (Å²) in [5, 5.41) is 14.5. The van der Waals surface area contributed by atoms with Crippen LogP contribution < -0.4 is 10.9 Å². The van der Waals surface area contributed by atoms with Crippen molar-refractivity contribution in [3.63, 3.8) is 0 Å². The van der Waals surface area contributed by atoms with Gasteiger partial charge in [0.25, 0.3) is 0 Å². The molecule has 0 fully saturated rings. The summed E-state index contributed by atoms with van der Waals surface area (Å²) in [6.45, 7) is 2.60. The van der Waals surface area contributed by atoms with Crippen LogP contribution in [0.3, 0.4) is 0 Å². The van der Waals surface area contributed by atoms with Crippen molar-refractivity contribution < 1.29 is 9.34 Å². The summed E-state index contributed by atoms with van der Waals surface area (Å²) >= 11 is 0. The van der Waals surface area contributed by atoms with Gasteiger partial charge in [0.15, 0.2) is 0 Å². The number of hydrogen-bond acceptors (Lipinski definition) is 5. The van der Waals surface area contributed by atoms with Crippen molar-refractivity contribution in [2.75, 3.05) is 11.9 Å². The average Bonchev–Trinajstić information content (AvgIpc) is 2.38. The molecule has 1 aromatic carbocycles. The first kappa shape index (κ1) is 13.1. The molecular formula is C13H14N2O4. The van der Waals surface area contributed by atoms with Crippen molar-refractivity contribution in [2.45, 2.75) is 19.8 Å². The third-order valence-electron chi connectivity index (χ3n) is 2.80. The summed E-state index contributed by atoms with van der Waals surface area (Å²) in [5.41, 5.74) is -0.875. The molecule has 0 aliphatic rings. The summed E-state index contributed by atoms with van der Waals surface area (Å²) in [5.74, 6) is 0. The van der Waals surface area contributed by atoms with E-state index in [1.807, 2.05) is 6.92 Å². The monoisotopic (exact) mass is 262 g/mol. The standard InChI is InChI=1S/C13H14N2O4/c1-2-3-8-14-11-9-6-4-5-7-10(9)19-13(16)12(11)15(17)18/h4-7,14H,2-3,8H2,1H3. The first-order chi connectivity index (χ1) is 9.15. The molecule has 0 aliphatic heterocycles. The van der Waals surface area contributed by atoms with E-state index in [1.165, 1.54) is 0 Å². The first-order valence-corrected chi connectivity index (χ1v) is 6.09. The largest absolute Gasteiger partial charge is 0.418 e. The number of para-hydroxylation sites is 1. The number of nitrogens with zero attached hydrogens (tertiary/aromatic N) is 1. The summed E-state index contributed by atoms with van der Waals surface area (Å²) in [6, 6.07) is 6.77. The smallest absolute Gasteiger partial charge is 0.417 e. The number of nitrogens with one attached hydrogen (secondary N) is 1. The molecule has 0 bridgehead atoms. The summed E-state index contributed by atoms with van der Waals surface area (Å²) in [4.78, 5) is 22.0. The van der Waals surface area contributed by atoms with E-state index in [0.29, 0.717) is 17.5 Å². The normalized spacial score (nSPS) is 10.6. The molecule has 0 spiro atoms. The second-order valence-corrected chi connectivity index (χ2v) is 4.15. The zero-order chi connectivity index (χ0) is 13.8. The molecular weight excluding hydrogens is 248 g/mol. The molecule has 19 heavy (non-hydrogen) atoms.